The van der Waals surface area contributed by atoms with E-state index in [1.54, 1.807) is 0 Å². The van der Waals surface area contributed by atoms with E-state index in [0.717, 1.165) is 78.2 Å². The molecule has 0 spiro atoms. The number of nitrogens with zero attached hydrogens (tertiary/aromatic N) is 6. The standard InChI is InChI=1S/C76H51BN6/c1-50-41-46-67-63(47-50)61-31-11-14-36-66(61)83(67)73-60(32-19-33-62(73)76-79-74(52-21-5-2-6-22-52)78-75(80-76)53-23-7-3-8-24-53)57-28-18-27-56(49-57)55-26-17-25-54(48-55)51-42-44-59(45-43-51)82-69-38-16-13-35-65(69)77-64-34-12-15-37-68(64)81(58-29-9-4-10-30-58)70-39-20-40-71(82)72(70)77/h2-49H,1H3. The summed E-state index contributed by atoms with van der Waals surface area (Å²) in [6.45, 7) is 2.26. The molecule has 0 saturated heterocycles. The van der Waals surface area contributed by atoms with Gasteiger partial charge in [0.15, 0.2) is 17.5 Å². The summed E-state index contributed by atoms with van der Waals surface area (Å²) in [5.74, 6) is 1.83. The van der Waals surface area contributed by atoms with E-state index in [4.69, 9.17) is 15.0 Å². The summed E-state index contributed by atoms with van der Waals surface area (Å²) in [6.07, 6.45) is 0. The van der Waals surface area contributed by atoms with Crippen LogP contribution in [0.2, 0.25) is 0 Å². The quantitative estimate of drug-likeness (QED) is 0.135. The Kier molecular flexibility index (Phi) is 11.4. The highest BCUT2D eigenvalue weighted by Crippen LogP contribution is 2.46. The number of anilines is 6. The summed E-state index contributed by atoms with van der Waals surface area (Å²) in [6, 6.07) is 105. The number of rotatable bonds is 9. The van der Waals surface area contributed by atoms with Crippen LogP contribution in [0.4, 0.5) is 34.1 Å². The third-order valence-electron chi connectivity index (χ3n) is 16.7. The summed E-state index contributed by atoms with van der Waals surface area (Å²) < 4.78 is 2.42. The summed E-state index contributed by atoms with van der Waals surface area (Å²) in [5.41, 5.74) is 24.9. The van der Waals surface area contributed by atoms with Crippen LogP contribution in [0.15, 0.2) is 291 Å². The van der Waals surface area contributed by atoms with Crippen LogP contribution < -0.4 is 26.2 Å². The van der Waals surface area contributed by atoms with E-state index in [0.29, 0.717) is 17.5 Å². The van der Waals surface area contributed by atoms with Gasteiger partial charge in [0.2, 0.25) is 0 Å². The van der Waals surface area contributed by atoms with Gasteiger partial charge in [-0.15, -0.1) is 0 Å². The van der Waals surface area contributed by atoms with Gasteiger partial charge in [0.25, 0.3) is 6.71 Å². The second-order valence-electron chi connectivity index (χ2n) is 21.6. The Bertz CT molecular complexity index is 4770. The average molecular weight is 1060 g/mol. The summed E-state index contributed by atoms with van der Waals surface area (Å²) in [7, 11) is 0. The van der Waals surface area contributed by atoms with Crippen molar-refractivity contribution in [1.82, 2.24) is 19.5 Å². The minimum absolute atomic E-state index is 0.0931. The van der Waals surface area contributed by atoms with Crippen LogP contribution in [0.3, 0.4) is 0 Å². The van der Waals surface area contributed by atoms with E-state index >= 15 is 0 Å². The lowest BCUT2D eigenvalue weighted by Crippen LogP contribution is -2.61. The predicted octanol–water partition coefficient (Wildman–Crippen LogP) is 17.4. The summed E-state index contributed by atoms with van der Waals surface area (Å²) in [5, 5.41) is 2.38. The van der Waals surface area contributed by atoms with E-state index in [9.17, 15) is 0 Å². The molecule has 0 N–H and O–H groups in total. The molecule has 0 atom stereocenters. The maximum atomic E-state index is 5.33. The number of hydrogen-bond donors (Lipinski definition) is 0. The van der Waals surface area contributed by atoms with Crippen LogP contribution in [-0.2, 0) is 0 Å². The average Bonchev–Trinajstić information content (AvgIpc) is 1.91. The first kappa shape index (κ1) is 48.1. The molecule has 4 heterocycles. The van der Waals surface area contributed by atoms with Crippen molar-refractivity contribution in [2.75, 3.05) is 9.80 Å². The lowest BCUT2D eigenvalue weighted by Gasteiger charge is -2.44. The van der Waals surface area contributed by atoms with Crippen molar-refractivity contribution < 1.29 is 0 Å². The number of benzene rings is 12. The van der Waals surface area contributed by atoms with Gasteiger partial charge in [0.1, 0.15) is 0 Å². The van der Waals surface area contributed by atoms with Crippen molar-refractivity contribution in [3.63, 3.8) is 0 Å². The zero-order valence-electron chi connectivity index (χ0n) is 45.5. The molecular formula is C76H51BN6. The van der Waals surface area contributed by atoms with E-state index in [1.165, 1.54) is 55.5 Å². The van der Waals surface area contributed by atoms with Crippen LogP contribution in [0.25, 0.3) is 95.0 Å². The molecule has 2 aliphatic heterocycles. The van der Waals surface area contributed by atoms with Gasteiger partial charge < -0.3 is 14.4 Å². The molecule has 14 aromatic rings. The Morgan fingerprint density at radius 2 is 0.759 bits per heavy atom. The number of para-hydroxylation sites is 5. The van der Waals surface area contributed by atoms with Crippen LogP contribution >= 0.6 is 0 Å². The number of aryl methyl sites for hydroxylation is 1. The van der Waals surface area contributed by atoms with Gasteiger partial charge in [-0.1, -0.05) is 212 Å². The first-order chi connectivity index (χ1) is 41.1. The molecule has 2 aliphatic rings. The largest absolute Gasteiger partial charge is 0.311 e. The molecule has 0 bridgehead atoms. The first-order valence-electron chi connectivity index (χ1n) is 28.4. The molecule has 0 saturated carbocycles. The molecule has 7 heteroatoms. The van der Waals surface area contributed by atoms with Crippen molar-refractivity contribution in [2.24, 2.45) is 0 Å². The van der Waals surface area contributed by atoms with Crippen LogP contribution in [-0.4, -0.2) is 26.2 Å². The minimum atomic E-state index is 0.0931. The van der Waals surface area contributed by atoms with E-state index < -0.39 is 0 Å². The number of fused-ring (bicyclic) bond motifs is 7. The minimum Gasteiger partial charge on any atom is -0.311 e. The summed E-state index contributed by atoms with van der Waals surface area (Å²) in [4.78, 5) is 20.6. The topological polar surface area (TPSA) is 50.1 Å². The monoisotopic (exact) mass is 1060 g/mol. The van der Waals surface area contributed by atoms with Gasteiger partial charge in [-0.2, -0.15) is 0 Å². The normalized spacial score (nSPS) is 12.3. The predicted molar refractivity (Wildman–Crippen MR) is 346 cm³/mol. The highest BCUT2D eigenvalue weighted by atomic mass is 15.2. The molecule has 388 valence electrons. The number of hydrogen-bond acceptors (Lipinski definition) is 5. The molecule has 0 unspecified atom stereocenters. The second kappa shape index (κ2) is 19.7. The Hall–Kier alpha value is -10.9. The van der Waals surface area contributed by atoms with Crippen molar-refractivity contribution in [1.29, 1.82) is 0 Å². The third kappa shape index (κ3) is 8.07. The van der Waals surface area contributed by atoms with Gasteiger partial charge in [-0.05, 0) is 136 Å². The van der Waals surface area contributed by atoms with Crippen molar-refractivity contribution in [3.8, 4) is 73.2 Å². The van der Waals surface area contributed by atoms with Crippen LogP contribution in [0.1, 0.15) is 5.56 Å². The number of aromatic nitrogens is 4. The molecule has 12 aromatic carbocycles. The Balaban J connectivity index is 0.804. The van der Waals surface area contributed by atoms with Crippen LogP contribution in [0, 0.1) is 6.92 Å². The third-order valence-corrected chi connectivity index (χ3v) is 16.7. The summed E-state index contributed by atoms with van der Waals surface area (Å²) >= 11 is 0. The lowest BCUT2D eigenvalue weighted by atomic mass is 9.33. The van der Waals surface area contributed by atoms with E-state index in [-0.39, 0.29) is 6.71 Å². The van der Waals surface area contributed by atoms with Gasteiger partial charge >= 0.3 is 0 Å². The maximum Gasteiger partial charge on any atom is 0.252 e. The smallest absolute Gasteiger partial charge is 0.252 e. The van der Waals surface area contributed by atoms with Gasteiger partial charge in [0, 0.05) is 67.2 Å². The fraction of sp³-hybridized carbons (Fsp3) is 0.0132. The van der Waals surface area contributed by atoms with Crippen molar-refractivity contribution >= 4 is 79.0 Å². The highest BCUT2D eigenvalue weighted by Gasteiger charge is 2.42. The van der Waals surface area contributed by atoms with Crippen LogP contribution in [0.5, 0.6) is 0 Å². The Morgan fingerprint density at radius 1 is 0.301 bits per heavy atom. The lowest BCUT2D eigenvalue weighted by molar-refractivity contribution is 1.06. The molecule has 0 fully saturated rings. The highest BCUT2D eigenvalue weighted by molar-refractivity contribution is 7.00. The molecule has 83 heavy (non-hydrogen) atoms. The maximum absolute atomic E-state index is 5.33. The Morgan fingerprint density at radius 3 is 1.41 bits per heavy atom. The van der Waals surface area contributed by atoms with Gasteiger partial charge in [-0.3, -0.25) is 0 Å². The van der Waals surface area contributed by atoms with E-state index in [2.05, 4.69) is 276 Å². The second-order valence-corrected chi connectivity index (χ2v) is 21.6. The first-order valence-corrected chi connectivity index (χ1v) is 28.4. The fourth-order valence-corrected chi connectivity index (χ4v) is 13.0. The molecule has 16 rings (SSSR count). The van der Waals surface area contributed by atoms with Gasteiger partial charge in [-0.25, -0.2) is 15.0 Å². The molecular weight excluding hydrogens is 1010 g/mol. The van der Waals surface area contributed by atoms with Gasteiger partial charge in [0.05, 0.1) is 16.7 Å². The molecule has 6 nitrogen and oxygen atoms in total. The van der Waals surface area contributed by atoms with E-state index in [1.807, 2.05) is 36.4 Å². The molecule has 0 aliphatic carbocycles. The fourth-order valence-electron chi connectivity index (χ4n) is 13.0. The molecule has 2 aromatic heterocycles. The molecule has 0 amide bonds. The molecule has 0 radical (unpaired) electrons. The Labute approximate surface area is 482 Å². The van der Waals surface area contributed by atoms with Crippen molar-refractivity contribution in [2.45, 2.75) is 6.92 Å². The zero-order valence-corrected chi connectivity index (χ0v) is 45.5. The SMILES string of the molecule is Cc1ccc2c(c1)c1ccccc1n2-c1c(-c2cccc(-c3cccc(-c4ccc(N5c6ccccc6B6c7ccccc7N(c7ccccc7)c7cccc5c76)cc4)c3)c2)cccc1-c1nc(-c2ccccc2)nc(-c2ccccc2)n1. The van der Waals surface area contributed by atoms with Crippen molar-refractivity contribution in [3.05, 3.63) is 297 Å². The zero-order chi connectivity index (χ0) is 55.0.